The van der Waals surface area contributed by atoms with Crippen LogP contribution < -0.4 is 0 Å². The molecule has 3 rings (SSSR count). The first-order chi connectivity index (χ1) is 18.9. The van der Waals surface area contributed by atoms with E-state index in [1.165, 1.54) is 60.7 Å². The Hall–Kier alpha value is -6.33. The minimum absolute atomic E-state index is 0.0272. The second-order valence-electron chi connectivity index (χ2n) is 7.40. The smallest absolute Gasteiger partial charge is 0.343 e. The topological polar surface area (TPSA) is 220 Å². The second kappa shape index (κ2) is 16.4. The van der Waals surface area contributed by atoms with Gasteiger partial charge in [-0.25, -0.2) is 14.4 Å². The number of phenols is 3. The van der Waals surface area contributed by atoms with Crippen molar-refractivity contribution in [3.8, 4) is 29.4 Å². The highest BCUT2D eigenvalue weighted by Crippen LogP contribution is 2.14. The molecule has 202 valence electrons. The molecule has 0 aliphatic heterocycles. The maximum Gasteiger partial charge on any atom is 0.343 e. The fourth-order valence-corrected chi connectivity index (χ4v) is 2.53. The molecule has 6 N–H and O–H groups in total. The Morgan fingerprint density at radius 2 is 0.925 bits per heavy atom. The molecule has 0 aromatic heterocycles. The van der Waals surface area contributed by atoms with Gasteiger partial charge in [-0.2, -0.15) is 10.5 Å². The number of rotatable bonds is 6. The number of benzene rings is 3. The molecule has 0 saturated carbocycles. The molecule has 3 aromatic carbocycles. The molecule has 3 aromatic rings. The molecule has 0 radical (unpaired) electrons. The molecule has 0 heterocycles. The van der Waals surface area contributed by atoms with E-state index < -0.39 is 23.5 Å². The number of aromatic hydroxyl groups is 3. The third kappa shape index (κ3) is 12.6. The lowest BCUT2D eigenvalue weighted by atomic mass is 10.1. The van der Waals surface area contributed by atoms with Crippen LogP contribution >= 0.6 is 0 Å². The molecule has 0 atom stereocenters. The molecule has 11 nitrogen and oxygen atoms in total. The van der Waals surface area contributed by atoms with Crippen LogP contribution in [0.4, 0.5) is 0 Å². The molecule has 0 fully saturated rings. The van der Waals surface area contributed by atoms with Crippen molar-refractivity contribution in [3.63, 3.8) is 0 Å². The third-order valence-corrected chi connectivity index (χ3v) is 4.42. The summed E-state index contributed by atoms with van der Waals surface area (Å²) in [4.78, 5) is 31.1. The lowest BCUT2D eigenvalue weighted by molar-refractivity contribution is -0.140. The number of carboxylic acids is 3. The zero-order valence-corrected chi connectivity index (χ0v) is 20.5. The van der Waals surface area contributed by atoms with Crippen LogP contribution in [0.25, 0.3) is 18.2 Å². The normalized spacial score (nSPS) is 9.25. The van der Waals surface area contributed by atoms with E-state index in [-0.39, 0.29) is 22.8 Å². The van der Waals surface area contributed by atoms with Crippen LogP contribution in [-0.2, 0) is 14.4 Å². The van der Waals surface area contributed by atoms with E-state index in [0.29, 0.717) is 5.56 Å². The number of carboxylic acid groups (broad SMARTS) is 3. The number of aliphatic carboxylic acids is 3. The van der Waals surface area contributed by atoms with Crippen LogP contribution in [0.2, 0.25) is 0 Å². The molecule has 0 saturated heterocycles. The predicted octanol–water partition coefficient (Wildman–Crippen LogP) is 4.26. The molecular formula is C29H22N2O9. The van der Waals surface area contributed by atoms with Crippen molar-refractivity contribution in [2.24, 2.45) is 0 Å². The summed E-state index contributed by atoms with van der Waals surface area (Å²) in [5.74, 6) is -3.64. The van der Waals surface area contributed by atoms with Gasteiger partial charge in [0, 0.05) is 6.08 Å². The van der Waals surface area contributed by atoms with Crippen LogP contribution in [0.3, 0.4) is 0 Å². The highest BCUT2D eigenvalue weighted by molar-refractivity contribution is 6.16. The van der Waals surface area contributed by atoms with Crippen LogP contribution in [0, 0.1) is 22.7 Å². The quantitative estimate of drug-likeness (QED) is 0.112. The summed E-state index contributed by atoms with van der Waals surface area (Å²) < 4.78 is 0. The summed E-state index contributed by atoms with van der Waals surface area (Å²) in [6.45, 7) is 0. The number of nitriles is 2. The number of hydrogen-bond donors (Lipinski definition) is 6. The van der Waals surface area contributed by atoms with E-state index in [1.54, 1.807) is 36.4 Å². The molecular weight excluding hydrogens is 520 g/mol. The van der Waals surface area contributed by atoms with Crippen LogP contribution in [0.5, 0.6) is 17.2 Å². The summed E-state index contributed by atoms with van der Waals surface area (Å²) >= 11 is 0. The SMILES string of the molecule is N#CC(C#N)=Cc1ccc(O)cc1.O=C(O)C(=Cc1ccc(O)cc1)C(=O)O.O=C(O)C=Cc1ccc(O)cc1. The first-order valence-corrected chi connectivity index (χ1v) is 10.9. The van der Waals surface area contributed by atoms with Crippen LogP contribution in [0.1, 0.15) is 16.7 Å². The van der Waals surface area contributed by atoms with Crippen molar-refractivity contribution in [3.05, 3.63) is 107 Å². The van der Waals surface area contributed by atoms with Gasteiger partial charge in [0.1, 0.15) is 40.5 Å². The van der Waals surface area contributed by atoms with Crippen molar-refractivity contribution < 1.29 is 45.0 Å². The molecule has 0 spiro atoms. The second-order valence-corrected chi connectivity index (χ2v) is 7.40. The van der Waals surface area contributed by atoms with E-state index >= 15 is 0 Å². The number of hydrogen-bond acceptors (Lipinski definition) is 8. The first-order valence-electron chi connectivity index (χ1n) is 10.9. The lowest BCUT2D eigenvalue weighted by Crippen LogP contribution is -2.10. The van der Waals surface area contributed by atoms with Crippen molar-refractivity contribution in [2.75, 3.05) is 0 Å². The summed E-state index contributed by atoms with van der Waals surface area (Å²) in [5, 5.41) is 69.1. The van der Waals surface area contributed by atoms with E-state index in [1.807, 2.05) is 0 Å². The van der Waals surface area contributed by atoms with Gasteiger partial charge in [-0.15, -0.1) is 0 Å². The zero-order chi connectivity index (χ0) is 30.1. The minimum atomic E-state index is -1.50. The third-order valence-electron chi connectivity index (χ3n) is 4.42. The van der Waals surface area contributed by atoms with Gasteiger partial charge in [0.25, 0.3) is 0 Å². The zero-order valence-electron chi connectivity index (χ0n) is 20.5. The largest absolute Gasteiger partial charge is 0.508 e. The number of phenolic OH excluding ortho intramolecular Hbond substituents is 3. The first kappa shape index (κ1) is 31.7. The summed E-state index contributed by atoms with van der Waals surface area (Å²) in [6, 6.07) is 21.5. The van der Waals surface area contributed by atoms with Gasteiger partial charge in [0.15, 0.2) is 0 Å². The van der Waals surface area contributed by atoms with E-state index in [4.69, 9.17) is 41.2 Å². The average molecular weight is 543 g/mol. The number of allylic oxidation sites excluding steroid dienone is 1. The van der Waals surface area contributed by atoms with E-state index in [9.17, 15) is 14.4 Å². The molecule has 0 bridgehead atoms. The Kier molecular flexibility index (Phi) is 13.0. The highest BCUT2D eigenvalue weighted by atomic mass is 16.4. The van der Waals surface area contributed by atoms with Crippen molar-refractivity contribution in [2.45, 2.75) is 0 Å². The van der Waals surface area contributed by atoms with Crippen LogP contribution in [-0.4, -0.2) is 48.5 Å². The van der Waals surface area contributed by atoms with Crippen molar-refractivity contribution >= 4 is 36.1 Å². The summed E-state index contributed by atoms with van der Waals surface area (Å²) in [7, 11) is 0. The minimum Gasteiger partial charge on any atom is -0.508 e. The molecule has 0 aliphatic rings. The monoisotopic (exact) mass is 542 g/mol. The fraction of sp³-hybridized carbons (Fsp3) is 0. The van der Waals surface area contributed by atoms with Gasteiger partial charge in [-0.3, -0.25) is 0 Å². The van der Waals surface area contributed by atoms with E-state index in [0.717, 1.165) is 23.3 Å². The molecule has 40 heavy (non-hydrogen) atoms. The summed E-state index contributed by atoms with van der Waals surface area (Å²) in [6.07, 6.45) is 4.98. The fourth-order valence-electron chi connectivity index (χ4n) is 2.53. The standard InChI is InChI=1S/C10H6N2O.C10H8O5.C9H8O3/c11-6-9(7-12)5-8-1-3-10(13)4-2-8;11-7-3-1-6(2-4-7)5-8(9(12)13)10(14)15;10-8-4-1-7(2-5-8)3-6-9(11)12/h1-5,13H;1-5,11H,(H,12,13)(H,14,15);1-6,10H,(H,11,12). The number of carbonyl (C=O) groups is 3. The van der Waals surface area contributed by atoms with Gasteiger partial charge in [0.05, 0.1) is 0 Å². The van der Waals surface area contributed by atoms with E-state index in [2.05, 4.69) is 0 Å². The molecule has 0 amide bonds. The average Bonchev–Trinajstić information content (AvgIpc) is 2.92. The Morgan fingerprint density at radius 1 is 0.575 bits per heavy atom. The van der Waals surface area contributed by atoms with Crippen molar-refractivity contribution in [1.82, 2.24) is 0 Å². The molecule has 11 heteroatoms. The lowest BCUT2D eigenvalue weighted by Gasteiger charge is -1.97. The predicted molar refractivity (Wildman–Crippen MR) is 143 cm³/mol. The van der Waals surface area contributed by atoms with Crippen molar-refractivity contribution in [1.29, 1.82) is 10.5 Å². The number of nitrogens with zero attached hydrogens (tertiary/aromatic N) is 2. The maximum atomic E-state index is 10.5. The Morgan fingerprint density at radius 3 is 1.25 bits per heavy atom. The maximum absolute atomic E-state index is 10.5. The van der Waals surface area contributed by atoms with Gasteiger partial charge in [-0.05, 0) is 71.3 Å². The molecule has 0 aliphatic carbocycles. The Balaban J connectivity index is 0.000000302. The van der Waals surface area contributed by atoms with Crippen LogP contribution in [0.15, 0.2) is 90.0 Å². The summed E-state index contributed by atoms with van der Waals surface area (Å²) in [5.41, 5.74) is 1.19. The Labute approximate surface area is 228 Å². The van der Waals surface area contributed by atoms with Gasteiger partial charge >= 0.3 is 17.9 Å². The highest BCUT2D eigenvalue weighted by Gasteiger charge is 2.15. The van der Waals surface area contributed by atoms with Gasteiger partial charge < -0.3 is 30.6 Å². The van der Waals surface area contributed by atoms with Gasteiger partial charge in [0.2, 0.25) is 0 Å². The van der Waals surface area contributed by atoms with Gasteiger partial charge in [-0.1, -0.05) is 36.4 Å². The Bertz CT molecular complexity index is 1460. The molecule has 0 unspecified atom stereocenters.